The fourth-order valence-corrected chi connectivity index (χ4v) is 6.62. The van der Waals surface area contributed by atoms with Crippen LogP contribution in [0.3, 0.4) is 0 Å². The summed E-state index contributed by atoms with van der Waals surface area (Å²) in [4.78, 5) is 26.5. The van der Waals surface area contributed by atoms with E-state index in [-0.39, 0.29) is 11.3 Å². The van der Waals surface area contributed by atoms with E-state index in [1.54, 1.807) is 0 Å². The molecule has 3 fully saturated rings. The number of rotatable bonds is 3. The maximum absolute atomic E-state index is 12.8. The molecule has 3 aliphatic rings. The number of hydrogen-bond donors (Lipinski definition) is 0. The van der Waals surface area contributed by atoms with Crippen LogP contribution in [0.15, 0.2) is 24.3 Å². The van der Waals surface area contributed by atoms with Gasteiger partial charge in [-0.1, -0.05) is 49.1 Å². The van der Waals surface area contributed by atoms with Gasteiger partial charge in [0, 0.05) is 31.8 Å². The van der Waals surface area contributed by atoms with Crippen molar-refractivity contribution in [3.8, 4) is 0 Å². The number of ketones is 1. The minimum absolute atomic E-state index is 0.184. The van der Waals surface area contributed by atoms with Crippen molar-refractivity contribution in [2.24, 2.45) is 11.3 Å². The highest BCUT2D eigenvalue weighted by Gasteiger charge is 2.51. The van der Waals surface area contributed by atoms with Crippen LogP contribution in [-0.4, -0.2) is 37.8 Å². The van der Waals surface area contributed by atoms with Crippen molar-refractivity contribution < 1.29 is 9.59 Å². The summed E-state index contributed by atoms with van der Waals surface area (Å²) >= 11 is 0. The summed E-state index contributed by atoms with van der Waals surface area (Å²) in [5.74, 6) is 1.53. The largest absolute Gasteiger partial charge is 0.342 e. The third kappa shape index (κ3) is 3.78. The molecule has 1 saturated heterocycles. The first-order valence-electron chi connectivity index (χ1n) is 10.7. The predicted molar refractivity (Wildman–Crippen MR) is 112 cm³/mol. The van der Waals surface area contributed by atoms with E-state index in [9.17, 15) is 9.59 Å². The molecule has 2 saturated carbocycles. The normalized spacial score (nSPS) is 29.2. The van der Waals surface area contributed by atoms with Crippen LogP contribution in [0.5, 0.6) is 0 Å². The van der Waals surface area contributed by atoms with Crippen LogP contribution >= 0.6 is 0 Å². The van der Waals surface area contributed by atoms with Crippen molar-refractivity contribution in [1.82, 2.24) is 4.90 Å². The molecule has 0 bridgehead atoms. The summed E-state index contributed by atoms with van der Waals surface area (Å²) in [6.45, 7) is 8.94. The number of amides is 1. The predicted octanol–water partition coefficient (Wildman–Crippen LogP) is 4.09. The Morgan fingerprint density at radius 3 is 2.22 bits per heavy atom. The number of carbonyl (C=O) groups is 2. The topological polar surface area (TPSA) is 37.4 Å². The average Bonchev–Trinajstić information content (AvgIpc) is 3.02. The highest BCUT2D eigenvalue weighted by atomic mass is 28.3. The standard InChI is InChI=1S/C23H33NO2Si/c1-27(2,3)21-6-4-17(5-7-21)18-9-12-24(13-10-18)22(26)19-14-23(15-19)11-8-20(25)16-23/h4-7,18-19H,8-16H2,1-3H3. The third-order valence-electron chi connectivity index (χ3n) is 7.27. The minimum Gasteiger partial charge on any atom is -0.342 e. The van der Waals surface area contributed by atoms with Crippen LogP contribution in [0.1, 0.15) is 56.4 Å². The van der Waals surface area contributed by atoms with Gasteiger partial charge < -0.3 is 4.90 Å². The van der Waals surface area contributed by atoms with E-state index in [1.807, 2.05) is 0 Å². The molecule has 4 rings (SSSR count). The average molecular weight is 384 g/mol. The Balaban J connectivity index is 1.29. The first-order valence-corrected chi connectivity index (χ1v) is 14.2. The van der Waals surface area contributed by atoms with Crippen molar-refractivity contribution in [3.05, 3.63) is 29.8 Å². The third-order valence-corrected chi connectivity index (χ3v) is 9.33. The molecular weight excluding hydrogens is 350 g/mol. The molecule has 0 radical (unpaired) electrons. The molecule has 2 aliphatic carbocycles. The SMILES string of the molecule is C[Si](C)(C)c1ccc(C2CCN(C(=O)C3CC4(CCC(=O)C4)C3)CC2)cc1. The smallest absolute Gasteiger partial charge is 0.225 e. The summed E-state index contributed by atoms with van der Waals surface area (Å²) in [5.41, 5.74) is 1.64. The van der Waals surface area contributed by atoms with Gasteiger partial charge in [0.15, 0.2) is 0 Å². The lowest BCUT2D eigenvalue weighted by atomic mass is 9.60. The number of benzene rings is 1. The Labute approximate surface area is 164 Å². The maximum Gasteiger partial charge on any atom is 0.225 e. The lowest BCUT2D eigenvalue weighted by Crippen LogP contribution is -2.48. The van der Waals surface area contributed by atoms with Crippen molar-refractivity contribution in [2.45, 2.75) is 70.5 Å². The molecule has 146 valence electrons. The van der Waals surface area contributed by atoms with E-state index in [0.29, 0.717) is 17.6 Å². The van der Waals surface area contributed by atoms with E-state index in [2.05, 4.69) is 48.8 Å². The van der Waals surface area contributed by atoms with Crippen molar-refractivity contribution in [2.75, 3.05) is 13.1 Å². The van der Waals surface area contributed by atoms with Gasteiger partial charge in [-0.3, -0.25) is 9.59 Å². The van der Waals surface area contributed by atoms with Crippen molar-refractivity contribution >= 4 is 25.0 Å². The summed E-state index contributed by atoms with van der Waals surface area (Å²) in [5, 5.41) is 1.52. The summed E-state index contributed by atoms with van der Waals surface area (Å²) in [6, 6.07) is 9.30. The minimum atomic E-state index is -1.23. The number of nitrogens with zero attached hydrogens (tertiary/aromatic N) is 1. The van der Waals surface area contributed by atoms with E-state index in [1.165, 1.54) is 10.8 Å². The molecule has 27 heavy (non-hydrogen) atoms. The number of Topliss-reactive ketones (excluding diaryl/α,β-unsaturated/α-hetero) is 1. The van der Waals surface area contributed by atoms with Crippen LogP contribution in [0.4, 0.5) is 0 Å². The van der Waals surface area contributed by atoms with Gasteiger partial charge in [-0.2, -0.15) is 0 Å². The first-order chi connectivity index (χ1) is 12.8. The lowest BCUT2D eigenvalue weighted by Gasteiger charge is -2.46. The fraction of sp³-hybridized carbons (Fsp3) is 0.652. The molecule has 0 aromatic heterocycles. The molecule has 0 unspecified atom stereocenters. The van der Waals surface area contributed by atoms with E-state index in [4.69, 9.17) is 0 Å². The molecule has 1 aromatic rings. The second-order valence-electron chi connectivity index (χ2n) is 10.3. The molecule has 1 aromatic carbocycles. The Morgan fingerprint density at radius 2 is 1.70 bits per heavy atom. The fourth-order valence-electron chi connectivity index (χ4n) is 5.45. The van der Waals surface area contributed by atoms with Gasteiger partial charge in [0.2, 0.25) is 5.91 Å². The van der Waals surface area contributed by atoms with E-state index >= 15 is 0 Å². The van der Waals surface area contributed by atoms with Crippen LogP contribution < -0.4 is 5.19 Å². The summed E-state index contributed by atoms with van der Waals surface area (Å²) < 4.78 is 0. The van der Waals surface area contributed by atoms with E-state index < -0.39 is 8.07 Å². The molecule has 0 atom stereocenters. The first kappa shape index (κ1) is 18.9. The van der Waals surface area contributed by atoms with Crippen LogP contribution in [0.25, 0.3) is 0 Å². The molecule has 4 heteroatoms. The zero-order valence-electron chi connectivity index (χ0n) is 17.1. The highest BCUT2D eigenvalue weighted by Crippen LogP contribution is 2.55. The zero-order valence-corrected chi connectivity index (χ0v) is 18.1. The van der Waals surface area contributed by atoms with Crippen LogP contribution in [0, 0.1) is 11.3 Å². The van der Waals surface area contributed by atoms with Gasteiger partial charge in [0.25, 0.3) is 0 Å². The molecular formula is C23H33NO2Si. The second kappa shape index (κ2) is 6.88. The van der Waals surface area contributed by atoms with Crippen LogP contribution in [0.2, 0.25) is 19.6 Å². The van der Waals surface area contributed by atoms with E-state index in [0.717, 1.165) is 58.0 Å². The number of likely N-dealkylation sites (tertiary alicyclic amines) is 1. The molecule has 1 heterocycles. The summed E-state index contributed by atoms with van der Waals surface area (Å²) in [7, 11) is -1.23. The maximum atomic E-state index is 12.8. The van der Waals surface area contributed by atoms with Gasteiger partial charge in [0.1, 0.15) is 5.78 Å². The van der Waals surface area contributed by atoms with Gasteiger partial charge in [0.05, 0.1) is 8.07 Å². The monoisotopic (exact) mass is 383 g/mol. The highest BCUT2D eigenvalue weighted by molar-refractivity contribution is 6.88. The Kier molecular flexibility index (Phi) is 4.82. The zero-order chi connectivity index (χ0) is 19.2. The second-order valence-corrected chi connectivity index (χ2v) is 15.4. The quantitative estimate of drug-likeness (QED) is 0.737. The lowest BCUT2D eigenvalue weighted by molar-refractivity contribution is -0.145. The Bertz CT molecular complexity index is 720. The van der Waals surface area contributed by atoms with Gasteiger partial charge >= 0.3 is 0 Å². The molecule has 0 N–H and O–H groups in total. The molecule has 1 aliphatic heterocycles. The number of hydrogen-bond acceptors (Lipinski definition) is 2. The van der Waals surface area contributed by atoms with Crippen molar-refractivity contribution in [3.63, 3.8) is 0 Å². The van der Waals surface area contributed by atoms with Gasteiger partial charge in [-0.25, -0.2) is 0 Å². The molecule has 1 spiro atoms. The van der Waals surface area contributed by atoms with Gasteiger partial charge in [-0.05, 0) is 49.0 Å². The van der Waals surface area contributed by atoms with Crippen LogP contribution in [-0.2, 0) is 9.59 Å². The Morgan fingerprint density at radius 1 is 1.07 bits per heavy atom. The molecule has 1 amide bonds. The Hall–Kier alpha value is -1.42. The molecule has 3 nitrogen and oxygen atoms in total. The van der Waals surface area contributed by atoms with Crippen molar-refractivity contribution in [1.29, 1.82) is 0 Å². The number of piperidine rings is 1. The van der Waals surface area contributed by atoms with Gasteiger partial charge in [-0.15, -0.1) is 0 Å². The summed E-state index contributed by atoms with van der Waals surface area (Å²) in [6.07, 6.45) is 6.55. The number of carbonyl (C=O) groups excluding carboxylic acids is 2.